The van der Waals surface area contributed by atoms with E-state index in [-0.39, 0.29) is 12.6 Å². The Bertz CT molecular complexity index is 453. The van der Waals surface area contributed by atoms with Gasteiger partial charge in [-0.05, 0) is 19.8 Å². The van der Waals surface area contributed by atoms with Gasteiger partial charge in [0.15, 0.2) is 0 Å². The number of likely N-dealkylation sites (tertiary alicyclic amines) is 1. The molecule has 118 valence electrons. The lowest BCUT2D eigenvalue weighted by Crippen LogP contribution is -2.55. The molecule has 1 heterocycles. The Labute approximate surface area is 121 Å². The molecule has 1 aliphatic rings. The molecule has 0 saturated carbocycles. The number of urea groups is 1. The van der Waals surface area contributed by atoms with Crippen molar-refractivity contribution in [2.45, 2.75) is 38.3 Å². The first kappa shape index (κ1) is 16.7. The van der Waals surface area contributed by atoms with Gasteiger partial charge in [-0.25, -0.2) is 9.59 Å². The van der Waals surface area contributed by atoms with E-state index in [1.54, 1.807) is 6.92 Å². The summed E-state index contributed by atoms with van der Waals surface area (Å²) in [7, 11) is 0. The van der Waals surface area contributed by atoms with Gasteiger partial charge < -0.3 is 26.8 Å². The van der Waals surface area contributed by atoms with Crippen LogP contribution in [-0.2, 0) is 14.4 Å². The van der Waals surface area contributed by atoms with Crippen molar-refractivity contribution < 1.29 is 24.3 Å². The first-order valence-corrected chi connectivity index (χ1v) is 6.60. The number of hydrogen-bond acceptors (Lipinski definition) is 4. The van der Waals surface area contributed by atoms with E-state index in [1.165, 1.54) is 4.90 Å². The van der Waals surface area contributed by atoms with Gasteiger partial charge in [0, 0.05) is 12.6 Å². The Morgan fingerprint density at radius 1 is 1.29 bits per heavy atom. The molecule has 1 rings (SSSR count). The zero-order valence-corrected chi connectivity index (χ0v) is 11.7. The Morgan fingerprint density at radius 3 is 2.38 bits per heavy atom. The molecule has 9 heteroatoms. The number of nitrogens with two attached hydrogens (primary N) is 2. The summed E-state index contributed by atoms with van der Waals surface area (Å²) in [4.78, 5) is 46.5. The van der Waals surface area contributed by atoms with Crippen LogP contribution in [0.15, 0.2) is 0 Å². The maximum atomic E-state index is 12.1. The highest BCUT2D eigenvalue weighted by atomic mass is 16.4. The van der Waals surface area contributed by atoms with Gasteiger partial charge >= 0.3 is 12.0 Å². The van der Waals surface area contributed by atoms with Crippen molar-refractivity contribution in [2.24, 2.45) is 17.4 Å². The lowest BCUT2D eigenvalue weighted by atomic mass is 9.93. The number of amides is 4. The third-order valence-electron chi connectivity index (χ3n) is 3.55. The van der Waals surface area contributed by atoms with Crippen LogP contribution < -0.4 is 16.8 Å². The number of nitrogens with zero attached hydrogens (tertiary/aromatic N) is 1. The summed E-state index contributed by atoms with van der Waals surface area (Å²) in [6.07, 6.45) is 0.682. The summed E-state index contributed by atoms with van der Waals surface area (Å²) in [5.41, 5.74) is 10.2. The molecule has 1 saturated heterocycles. The van der Waals surface area contributed by atoms with Gasteiger partial charge in [-0.15, -0.1) is 0 Å². The van der Waals surface area contributed by atoms with Gasteiger partial charge in [0.1, 0.15) is 6.04 Å². The Hall–Kier alpha value is -2.32. The zero-order chi connectivity index (χ0) is 16.2. The molecule has 6 N–H and O–H groups in total. The highest BCUT2D eigenvalue weighted by molar-refractivity contribution is 5.88. The smallest absolute Gasteiger partial charge is 0.326 e. The summed E-state index contributed by atoms with van der Waals surface area (Å²) < 4.78 is 0. The second kappa shape index (κ2) is 6.91. The molecule has 3 unspecified atom stereocenters. The number of primary amides is 2. The summed E-state index contributed by atoms with van der Waals surface area (Å²) in [6.45, 7) is 1.92. The van der Waals surface area contributed by atoms with E-state index < -0.39 is 42.2 Å². The molecule has 1 fully saturated rings. The Balaban J connectivity index is 2.73. The van der Waals surface area contributed by atoms with Gasteiger partial charge in [0.2, 0.25) is 11.8 Å². The first-order valence-electron chi connectivity index (χ1n) is 6.60. The van der Waals surface area contributed by atoms with E-state index in [2.05, 4.69) is 5.32 Å². The van der Waals surface area contributed by atoms with Crippen LogP contribution in [-0.4, -0.2) is 52.4 Å². The molecule has 3 atom stereocenters. The van der Waals surface area contributed by atoms with Gasteiger partial charge in [0.25, 0.3) is 0 Å². The largest absolute Gasteiger partial charge is 0.480 e. The second-order valence-electron chi connectivity index (χ2n) is 5.19. The minimum absolute atomic E-state index is 0.130. The van der Waals surface area contributed by atoms with Gasteiger partial charge in [-0.2, -0.15) is 0 Å². The van der Waals surface area contributed by atoms with Crippen molar-refractivity contribution in [3.63, 3.8) is 0 Å². The minimum atomic E-state index is -1.39. The number of hydrogen-bond donors (Lipinski definition) is 4. The van der Waals surface area contributed by atoms with E-state index in [4.69, 9.17) is 16.6 Å². The molecule has 0 radical (unpaired) electrons. The van der Waals surface area contributed by atoms with E-state index in [1.807, 2.05) is 0 Å². The third-order valence-corrected chi connectivity index (χ3v) is 3.55. The number of rotatable bonds is 5. The van der Waals surface area contributed by atoms with Crippen molar-refractivity contribution in [3.05, 3.63) is 0 Å². The van der Waals surface area contributed by atoms with Crippen LogP contribution in [0.25, 0.3) is 0 Å². The highest BCUT2D eigenvalue weighted by Crippen LogP contribution is 2.21. The second-order valence-corrected chi connectivity index (χ2v) is 5.19. The van der Waals surface area contributed by atoms with Gasteiger partial charge in [-0.3, -0.25) is 9.59 Å². The van der Waals surface area contributed by atoms with E-state index in [9.17, 15) is 19.2 Å². The minimum Gasteiger partial charge on any atom is -0.480 e. The van der Waals surface area contributed by atoms with Crippen LogP contribution in [0, 0.1) is 5.92 Å². The molecule has 4 amide bonds. The molecule has 1 aliphatic heterocycles. The number of piperidine rings is 1. The van der Waals surface area contributed by atoms with Crippen LogP contribution in [0.1, 0.15) is 26.2 Å². The predicted molar refractivity (Wildman–Crippen MR) is 71.9 cm³/mol. The predicted octanol–water partition coefficient (Wildman–Crippen LogP) is -1.39. The van der Waals surface area contributed by atoms with Crippen LogP contribution in [0.5, 0.6) is 0 Å². The molecule has 0 aliphatic carbocycles. The monoisotopic (exact) mass is 300 g/mol. The van der Waals surface area contributed by atoms with Crippen molar-refractivity contribution in [1.29, 1.82) is 0 Å². The van der Waals surface area contributed by atoms with Crippen molar-refractivity contribution in [3.8, 4) is 0 Å². The van der Waals surface area contributed by atoms with E-state index in [0.717, 1.165) is 0 Å². The molecule has 0 aromatic heterocycles. The molecule has 9 nitrogen and oxygen atoms in total. The highest BCUT2D eigenvalue weighted by Gasteiger charge is 2.33. The molecular formula is C12H20N4O5. The van der Waals surface area contributed by atoms with Crippen LogP contribution in [0.2, 0.25) is 0 Å². The molecule has 0 bridgehead atoms. The molecular weight excluding hydrogens is 280 g/mol. The molecule has 0 aromatic carbocycles. The first-order chi connectivity index (χ1) is 9.72. The molecule has 0 spiro atoms. The van der Waals surface area contributed by atoms with E-state index >= 15 is 0 Å². The lowest BCUT2D eigenvalue weighted by molar-refractivity contribution is -0.141. The average molecular weight is 300 g/mol. The van der Waals surface area contributed by atoms with Crippen LogP contribution in [0.4, 0.5) is 4.79 Å². The summed E-state index contributed by atoms with van der Waals surface area (Å²) >= 11 is 0. The maximum absolute atomic E-state index is 12.1. The number of carboxylic acid groups (broad SMARTS) is 1. The van der Waals surface area contributed by atoms with Crippen LogP contribution >= 0.6 is 0 Å². The van der Waals surface area contributed by atoms with Gasteiger partial charge in [-0.1, -0.05) is 0 Å². The number of carbonyl (C=O) groups is 4. The SMILES string of the molecule is CC1CCC(C(N)=O)CN1C(=O)NC(CC(N)=O)C(=O)O. The zero-order valence-electron chi connectivity index (χ0n) is 11.7. The lowest BCUT2D eigenvalue weighted by Gasteiger charge is -2.37. The van der Waals surface area contributed by atoms with E-state index in [0.29, 0.717) is 12.8 Å². The maximum Gasteiger partial charge on any atom is 0.326 e. The van der Waals surface area contributed by atoms with Crippen molar-refractivity contribution in [1.82, 2.24) is 10.2 Å². The third kappa shape index (κ3) is 4.62. The summed E-state index contributed by atoms with van der Waals surface area (Å²) in [5.74, 6) is -3.12. The van der Waals surface area contributed by atoms with Gasteiger partial charge in [0.05, 0.1) is 12.3 Å². The molecule has 21 heavy (non-hydrogen) atoms. The standard InChI is InChI=1S/C12H20N4O5/c1-6-2-3-7(10(14)18)5-16(6)12(21)15-8(11(19)20)4-9(13)17/h6-8H,2-5H2,1H3,(H2,13,17)(H2,14,18)(H,15,21)(H,19,20). The Morgan fingerprint density at radius 2 is 1.90 bits per heavy atom. The average Bonchev–Trinajstić information content (AvgIpc) is 2.37. The number of aliphatic carboxylic acids is 1. The van der Waals surface area contributed by atoms with Crippen molar-refractivity contribution >= 4 is 23.8 Å². The fourth-order valence-corrected chi connectivity index (χ4v) is 2.26. The summed E-state index contributed by atoms with van der Waals surface area (Å²) in [6, 6.07) is -2.19. The quantitative estimate of drug-likeness (QED) is 0.492. The summed E-state index contributed by atoms with van der Waals surface area (Å²) in [5, 5.41) is 11.2. The number of nitrogens with one attached hydrogen (secondary N) is 1. The fraction of sp³-hybridized carbons (Fsp3) is 0.667. The van der Waals surface area contributed by atoms with Crippen molar-refractivity contribution in [2.75, 3.05) is 6.54 Å². The number of carboxylic acids is 1. The topological polar surface area (TPSA) is 156 Å². The Kier molecular flexibility index (Phi) is 5.51. The normalized spacial score (nSPS) is 23.2. The fourth-order valence-electron chi connectivity index (χ4n) is 2.26. The number of carbonyl (C=O) groups excluding carboxylic acids is 3. The van der Waals surface area contributed by atoms with Crippen LogP contribution in [0.3, 0.4) is 0 Å². The molecule has 0 aromatic rings.